The van der Waals surface area contributed by atoms with Crippen LogP contribution in [0.25, 0.3) is 38.8 Å². The summed E-state index contributed by atoms with van der Waals surface area (Å²) < 4.78 is 15.4. The first kappa shape index (κ1) is 32.1. The topological polar surface area (TPSA) is 46.7 Å². The van der Waals surface area contributed by atoms with Crippen LogP contribution in [0.15, 0.2) is 138 Å². The molecule has 8 aromatic rings. The quantitative estimate of drug-likeness (QED) is 0.162. The van der Waals surface area contributed by atoms with Gasteiger partial charge in [0.1, 0.15) is 35.1 Å². The lowest BCUT2D eigenvalue weighted by Gasteiger charge is -2.25. The number of para-hydroxylation sites is 3. The van der Waals surface area contributed by atoms with E-state index in [4.69, 9.17) is 14.1 Å². The Balaban J connectivity index is 1.10. The Morgan fingerprint density at radius 3 is 2.12 bits per heavy atom. The van der Waals surface area contributed by atoms with E-state index in [-0.39, 0.29) is 5.41 Å². The van der Waals surface area contributed by atoms with Crippen molar-refractivity contribution < 1.29 is 9.15 Å². The van der Waals surface area contributed by atoms with E-state index in [0.29, 0.717) is 6.67 Å². The van der Waals surface area contributed by atoms with E-state index in [1.54, 1.807) is 0 Å². The van der Waals surface area contributed by atoms with Crippen LogP contribution in [-0.4, -0.2) is 24.3 Å². The summed E-state index contributed by atoms with van der Waals surface area (Å²) in [6.45, 7) is 14.6. The van der Waals surface area contributed by atoms with Crippen LogP contribution in [0.2, 0.25) is 19.6 Å². The van der Waals surface area contributed by atoms with Crippen molar-refractivity contribution in [3.63, 3.8) is 0 Å². The van der Waals surface area contributed by atoms with Gasteiger partial charge in [-0.25, -0.2) is 4.98 Å². The number of furan rings is 1. The molecule has 0 saturated heterocycles. The van der Waals surface area contributed by atoms with Crippen molar-refractivity contribution in [2.75, 3.05) is 16.5 Å². The molecule has 1 aliphatic heterocycles. The van der Waals surface area contributed by atoms with Crippen LogP contribution < -0.4 is 19.7 Å². The fraction of sp³-hybridized carbons (Fsp3) is 0.178. The van der Waals surface area contributed by atoms with Gasteiger partial charge in [-0.05, 0) is 83.8 Å². The molecule has 0 saturated carbocycles. The van der Waals surface area contributed by atoms with Crippen molar-refractivity contribution in [3.05, 3.63) is 139 Å². The number of hydrogen-bond donors (Lipinski definition) is 0. The van der Waals surface area contributed by atoms with Crippen LogP contribution in [0.3, 0.4) is 0 Å². The maximum atomic E-state index is 6.67. The molecular formula is C45H42N4O2Si. The smallest absolute Gasteiger partial charge is 0.161 e. The van der Waals surface area contributed by atoms with Gasteiger partial charge in [0.2, 0.25) is 0 Å². The van der Waals surface area contributed by atoms with E-state index < -0.39 is 8.07 Å². The molecule has 0 atom stereocenters. The van der Waals surface area contributed by atoms with Crippen molar-refractivity contribution in [1.82, 2.24) is 9.55 Å². The summed E-state index contributed by atoms with van der Waals surface area (Å²) in [6.07, 6.45) is 1.94. The van der Waals surface area contributed by atoms with Gasteiger partial charge in [0, 0.05) is 40.5 Å². The zero-order valence-electron chi connectivity index (χ0n) is 30.5. The Hall–Kier alpha value is -5.79. The zero-order chi connectivity index (χ0) is 35.8. The molecule has 0 unspecified atom stereocenters. The van der Waals surface area contributed by atoms with E-state index in [9.17, 15) is 0 Å². The molecule has 3 aromatic heterocycles. The first-order valence-electron chi connectivity index (χ1n) is 18.0. The van der Waals surface area contributed by atoms with Gasteiger partial charge in [-0.3, -0.25) is 4.57 Å². The highest BCUT2D eigenvalue weighted by molar-refractivity contribution is 6.88. The van der Waals surface area contributed by atoms with Crippen LogP contribution in [-0.2, 0) is 5.41 Å². The molecule has 0 spiro atoms. The number of rotatable bonds is 6. The van der Waals surface area contributed by atoms with E-state index >= 15 is 0 Å². The van der Waals surface area contributed by atoms with E-state index in [2.05, 4.69) is 158 Å². The van der Waals surface area contributed by atoms with Crippen LogP contribution >= 0.6 is 0 Å². The summed E-state index contributed by atoms with van der Waals surface area (Å²) in [5.41, 5.74) is 9.75. The second-order valence-corrected chi connectivity index (χ2v) is 20.9. The second kappa shape index (κ2) is 11.9. The molecular weight excluding hydrogens is 657 g/mol. The summed E-state index contributed by atoms with van der Waals surface area (Å²) >= 11 is 0. The molecule has 4 heterocycles. The SMILES string of the molecule is CC(C)(C)c1cccc(N2CN(c3cccc(Oc4ccc5c6oc7ccccc7c6n(-c6cc([Si](C)(C)C)ccn6)c5c4)c3)c3ccccc32)c1. The first-order valence-corrected chi connectivity index (χ1v) is 21.5. The molecule has 0 fully saturated rings. The number of ether oxygens (including phenoxy) is 1. The standard InChI is InChI=1S/C45H42N4O2Si/c1-45(2,3)30-13-11-14-31(25-30)47-29-48(39-19-9-8-18-38(39)47)32-15-12-16-33(26-32)50-34-21-22-36-40(27-34)49(42-28-35(23-24-46-42)52(4,5)6)43-37-17-7-10-20-41(37)51-44(36)43/h7-28H,29H2,1-6H3. The molecule has 0 bridgehead atoms. The third kappa shape index (κ3) is 5.44. The first-order chi connectivity index (χ1) is 25.0. The Bertz CT molecular complexity index is 2640. The Morgan fingerprint density at radius 1 is 0.673 bits per heavy atom. The summed E-state index contributed by atoms with van der Waals surface area (Å²) in [6, 6.07) is 44.8. The molecule has 7 heteroatoms. The monoisotopic (exact) mass is 698 g/mol. The normalized spacial score (nSPS) is 13.4. The lowest BCUT2D eigenvalue weighted by molar-refractivity contribution is 0.483. The lowest BCUT2D eigenvalue weighted by Crippen LogP contribution is -2.37. The molecule has 6 nitrogen and oxygen atoms in total. The van der Waals surface area contributed by atoms with Crippen LogP contribution in [0.5, 0.6) is 11.5 Å². The van der Waals surface area contributed by atoms with Crippen molar-refractivity contribution in [2.24, 2.45) is 0 Å². The predicted molar refractivity (Wildman–Crippen MR) is 219 cm³/mol. The number of nitrogens with zero attached hydrogens (tertiary/aromatic N) is 4. The minimum atomic E-state index is -1.59. The number of anilines is 4. The Kier molecular flexibility index (Phi) is 7.35. The Labute approximate surface area is 305 Å². The fourth-order valence-electron chi connectivity index (χ4n) is 7.40. The number of fused-ring (bicyclic) bond motifs is 6. The molecule has 0 radical (unpaired) electrons. The van der Waals surface area contributed by atoms with Crippen LogP contribution in [0.1, 0.15) is 26.3 Å². The van der Waals surface area contributed by atoms with E-state index in [1.165, 1.54) is 27.8 Å². The maximum absolute atomic E-state index is 6.67. The van der Waals surface area contributed by atoms with Gasteiger partial charge in [0.25, 0.3) is 0 Å². The molecule has 5 aromatic carbocycles. The van der Waals surface area contributed by atoms with Crippen molar-refractivity contribution in [2.45, 2.75) is 45.8 Å². The van der Waals surface area contributed by atoms with Gasteiger partial charge in [0.05, 0.1) is 25.0 Å². The molecule has 0 N–H and O–H groups in total. The summed E-state index contributed by atoms with van der Waals surface area (Å²) in [7, 11) is -1.59. The third-order valence-electron chi connectivity index (χ3n) is 10.2. The second-order valence-electron chi connectivity index (χ2n) is 15.8. The van der Waals surface area contributed by atoms with Gasteiger partial charge >= 0.3 is 0 Å². The minimum absolute atomic E-state index is 0.0669. The molecule has 9 rings (SSSR count). The highest BCUT2D eigenvalue weighted by Gasteiger charge is 2.29. The summed E-state index contributed by atoms with van der Waals surface area (Å²) in [4.78, 5) is 9.66. The fourth-order valence-corrected chi connectivity index (χ4v) is 8.54. The van der Waals surface area contributed by atoms with Gasteiger partial charge in [-0.2, -0.15) is 0 Å². The van der Waals surface area contributed by atoms with Gasteiger partial charge in [-0.15, -0.1) is 0 Å². The van der Waals surface area contributed by atoms with Gasteiger partial charge in [0.15, 0.2) is 5.58 Å². The molecule has 0 aliphatic carbocycles. The highest BCUT2D eigenvalue weighted by atomic mass is 28.3. The van der Waals surface area contributed by atoms with Crippen molar-refractivity contribution in [3.8, 4) is 17.3 Å². The average Bonchev–Trinajstić information content (AvgIpc) is 3.80. The summed E-state index contributed by atoms with van der Waals surface area (Å²) in [5.74, 6) is 2.41. The van der Waals surface area contributed by atoms with Crippen LogP contribution in [0.4, 0.5) is 22.7 Å². The van der Waals surface area contributed by atoms with E-state index in [0.717, 1.165) is 56.0 Å². The number of benzene rings is 5. The average molecular weight is 699 g/mol. The van der Waals surface area contributed by atoms with E-state index in [1.807, 2.05) is 30.5 Å². The van der Waals surface area contributed by atoms with Crippen LogP contribution in [0, 0.1) is 0 Å². The third-order valence-corrected chi connectivity index (χ3v) is 12.3. The molecule has 258 valence electrons. The van der Waals surface area contributed by atoms with Gasteiger partial charge in [-0.1, -0.05) is 88.1 Å². The zero-order valence-corrected chi connectivity index (χ0v) is 31.5. The number of pyridine rings is 1. The molecule has 1 aliphatic rings. The molecule has 52 heavy (non-hydrogen) atoms. The van der Waals surface area contributed by atoms with Gasteiger partial charge < -0.3 is 19.0 Å². The minimum Gasteiger partial charge on any atom is -0.457 e. The number of hydrogen-bond acceptors (Lipinski definition) is 5. The number of aromatic nitrogens is 2. The maximum Gasteiger partial charge on any atom is 0.161 e. The van der Waals surface area contributed by atoms with Crippen molar-refractivity contribution in [1.29, 1.82) is 0 Å². The lowest BCUT2D eigenvalue weighted by atomic mass is 9.87. The van der Waals surface area contributed by atoms with Crippen molar-refractivity contribution >= 4 is 69.0 Å². The Morgan fingerprint density at radius 2 is 1.37 bits per heavy atom. The highest BCUT2D eigenvalue weighted by Crippen LogP contribution is 2.46. The largest absolute Gasteiger partial charge is 0.457 e. The molecule has 0 amide bonds. The predicted octanol–water partition coefficient (Wildman–Crippen LogP) is 11.8. The summed E-state index contributed by atoms with van der Waals surface area (Å²) in [5, 5.41) is 3.44.